The molecule has 2 saturated heterocycles. The first-order valence-corrected chi connectivity index (χ1v) is 12.5. The molecular formula is C21H27N3O3S2. The minimum atomic E-state index is -3.64. The van der Waals surface area contributed by atoms with Crippen LogP contribution >= 0.6 is 11.3 Å². The Labute approximate surface area is 176 Å². The Balaban J connectivity index is 1.35. The van der Waals surface area contributed by atoms with Gasteiger partial charge in [-0.15, -0.1) is 11.3 Å². The molecule has 8 heteroatoms. The minimum absolute atomic E-state index is 0.0417. The van der Waals surface area contributed by atoms with Crippen LogP contribution in [0, 0.1) is 0 Å². The van der Waals surface area contributed by atoms with Crippen LogP contribution in [-0.2, 0) is 21.2 Å². The van der Waals surface area contributed by atoms with Gasteiger partial charge in [-0.2, -0.15) is 4.31 Å². The van der Waals surface area contributed by atoms with Crippen LogP contribution in [0.15, 0.2) is 52.7 Å². The Morgan fingerprint density at radius 1 is 1.00 bits per heavy atom. The normalized spacial score (nSPS) is 21.5. The van der Waals surface area contributed by atoms with Crippen molar-refractivity contribution in [2.24, 2.45) is 0 Å². The number of carbonyl (C=O) groups excluding carboxylic acids is 1. The third kappa shape index (κ3) is 4.55. The summed E-state index contributed by atoms with van der Waals surface area (Å²) in [6, 6.07) is 12.1. The quantitative estimate of drug-likeness (QED) is 0.701. The average Bonchev–Trinajstić information content (AvgIpc) is 3.45. The number of hydrogen-bond acceptors (Lipinski definition) is 5. The van der Waals surface area contributed by atoms with Gasteiger partial charge in [0.15, 0.2) is 0 Å². The van der Waals surface area contributed by atoms with Gasteiger partial charge in [-0.05, 0) is 42.8 Å². The number of carbonyl (C=O) groups is 1. The van der Waals surface area contributed by atoms with E-state index in [0.717, 1.165) is 32.5 Å². The Bertz CT molecular complexity index is 908. The van der Waals surface area contributed by atoms with E-state index in [2.05, 4.69) is 22.4 Å². The van der Waals surface area contributed by atoms with Gasteiger partial charge >= 0.3 is 0 Å². The summed E-state index contributed by atoms with van der Waals surface area (Å²) in [5.74, 6) is -0.0417. The monoisotopic (exact) mass is 433 g/mol. The number of sulfonamides is 1. The van der Waals surface area contributed by atoms with Crippen molar-refractivity contribution in [1.82, 2.24) is 14.1 Å². The Morgan fingerprint density at radius 2 is 1.76 bits per heavy atom. The van der Waals surface area contributed by atoms with E-state index in [0.29, 0.717) is 26.1 Å². The minimum Gasteiger partial charge on any atom is -0.339 e. The highest BCUT2D eigenvalue weighted by Crippen LogP contribution is 2.27. The highest BCUT2D eigenvalue weighted by molar-refractivity contribution is 7.89. The molecule has 0 aliphatic carbocycles. The van der Waals surface area contributed by atoms with Crippen LogP contribution in [0.3, 0.4) is 0 Å². The third-order valence-electron chi connectivity index (χ3n) is 5.78. The van der Waals surface area contributed by atoms with E-state index in [1.807, 2.05) is 4.90 Å². The lowest BCUT2D eigenvalue weighted by Gasteiger charge is -2.37. The Kier molecular flexibility index (Phi) is 6.34. The second-order valence-corrected chi connectivity index (χ2v) is 10.5. The number of nitrogens with zero attached hydrogens (tertiary/aromatic N) is 3. The molecule has 1 aromatic heterocycles. The number of benzene rings is 1. The van der Waals surface area contributed by atoms with Crippen LogP contribution in [0.4, 0.5) is 0 Å². The maximum Gasteiger partial charge on any atom is 0.243 e. The fraction of sp³-hybridized carbons (Fsp3) is 0.476. The van der Waals surface area contributed by atoms with Crippen molar-refractivity contribution in [3.8, 4) is 0 Å². The zero-order chi connectivity index (χ0) is 20.3. The van der Waals surface area contributed by atoms with E-state index >= 15 is 0 Å². The Morgan fingerprint density at radius 3 is 2.45 bits per heavy atom. The van der Waals surface area contributed by atoms with Gasteiger partial charge in [-0.25, -0.2) is 8.42 Å². The van der Waals surface area contributed by atoms with E-state index in [9.17, 15) is 13.2 Å². The zero-order valence-corrected chi connectivity index (χ0v) is 18.1. The standard InChI is InChI=1S/C21H27N3O3S2/c25-21(23-15-13-22(14-16-23)12-10-18-6-5-17-28-18)20-9-4-11-24(20)29(26,27)19-7-2-1-3-8-19/h1-3,5-8,17,20H,4,9-16H2. The predicted octanol–water partition coefficient (Wildman–Crippen LogP) is 2.29. The number of hydrogen-bond donors (Lipinski definition) is 0. The van der Waals surface area contributed by atoms with E-state index < -0.39 is 16.1 Å². The molecule has 2 aliphatic rings. The lowest BCUT2D eigenvalue weighted by atomic mass is 10.2. The maximum atomic E-state index is 13.1. The topological polar surface area (TPSA) is 60.9 Å². The number of piperazine rings is 1. The van der Waals surface area contributed by atoms with Crippen LogP contribution in [-0.4, -0.2) is 73.7 Å². The van der Waals surface area contributed by atoms with E-state index in [-0.39, 0.29) is 10.8 Å². The average molecular weight is 434 g/mol. The van der Waals surface area contributed by atoms with Crippen molar-refractivity contribution < 1.29 is 13.2 Å². The lowest BCUT2D eigenvalue weighted by molar-refractivity contribution is -0.136. The summed E-state index contributed by atoms with van der Waals surface area (Å²) >= 11 is 1.78. The van der Waals surface area contributed by atoms with Gasteiger partial charge in [0.2, 0.25) is 15.9 Å². The second kappa shape index (κ2) is 8.95. The largest absolute Gasteiger partial charge is 0.339 e. The van der Waals surface area contributed by atoms with E-state index in [4.69, 9.17) is 0 Å². The van der Waals surface area contributed by atoms with Crippen LogP contribution in [0.5, 0.6) is 0 Å². The molecule has 4 rings (SSSR count). The van der Waals surface area contributed by atoms with Crippen molar-refractivity contribution in [1.29, 1.82) is 0 Å². The first-order chi connectivity index (χ1) is 14.1. The molecule has 2 aromatic rings. The summed E-state index contributed by atoms with van der Waals surface area (Å²) in [7, 11) is -3.64. The van der Waals surface area contributed by atoms with Crippen LogP contribution in [0.1, 0.15) is 17.7 Å². The first kappa shape index (κ1) is 20.5. The highest BCUT2D eigenvalue weighted by Gasteiger charge is 2.41. The molecule has 0 spiro atoms. The van der Waals surface area contributed by atoms with Gasteiger partial charge in [0.05, 0.1) is 4.90 Å². The number of rotatable bonds is 6. The van der Waals surface area contributed by atoms with Gasteiger partial charge in [0.1, 0.15) is 6.04 Å². The molecule has 2 aliphatic heterocycles. The summed E-state index contributed by atoms with van der Waals surface area (Å²) < 4.78 is 27.5. The zero-order valence-electron chi connectivity index (χ0n) is 16.4. The van der Waals surface area contributed by atoms with Crippen molar-refractivity contribution >= 4 is 27.3 Å². The molecule has 1 aromatic carbocycles. The Hall–Kier alpha value is -1.74. The first-order valence-electron chi connectivity index (χ1n) is 10.2. The summed E-state index contributed by atoms with van der Waals surface area (Å²) in [5, 5.41) is 2.10. The maximum absolute atomic E-state index is 13.1. The molecule has 1 unspecified atom stereocenters. The third-order valence-corrected chi connectivity index (χ3v) is 8.64. The molecule has 1 amide bonds. The van der Waals surface area contributed by atoms with Gasteiger partial charge in [0, 0.05) is 44.1 Å². The SMILES string of the molecule is O=C(C1CCCN1S(=O)(=O)c1ccccc1)N1CCN(CCc2cccs2)CC1. The molecule has 0 saturated carbocycles. The molecule has 0 bridgehead atoms. The van der Waals surface area contributed by atoms with Gasteiger partial charge in [-0.3, -0.25) is 9.69 Å². The molecule has 2 fully saturated rings. The van der Waals surface area contributed by atoms with E-state index in [1.165, 1.54) is 9.18 Å². The highest BCUT2D eigenvalue weighted by atomic mass is 32.2. The van der Waals surface area contributed by atoms with Gasteiger partial charge in [-0.1, -0.05) is 24.3 Å². The molecule has 0 N–H and O–H groups in total. The van der Waals surface area contributed by atoms with E-state index in [1.54, 1.807) is 41.7 Å². The lowest BCUT2D eigenvalue weighted by Crippen LogP contribution is -2.54. The smallest absolute Gasteiger partial charge is 0.243 e. The molecule has 6 nitrogen and oxygen atoms in total. The predicted molar refractivity (Wildman–Crippen MR) is 114 cm³/mol. The fourth-order valence-corrected chi connectivity index (χ4v) is 6.50. The molecule has 1 atom stereocenters. The van der Waals surface area contributed by atoms with Crippen molar-refractivity contribution in [3.63, 3.8) is 0 Å². The molecular weight excluding hydrogens is 406 g/mol. The van der Waals surface area contributed by atoms with Gasteiger partial charge in [0.25, 0.3) is 0 Å². The fourth-order valence-electron chi connectivity index (χ4n) is 4.13. The number of amides is 1. The van der Waals surface area contributed by atoms with Crippen LogP contribution in [0.25, 0.3) is 0 Å². The second-order valence-electron chi connectivity index (χ2n) is 7.58. The summed E-state index contributed by atoms with van der Waals surface area (Å²) in [5.41, 5.74) is 0. The van der Waals surface area contributed by atoms with Crippen molar-refractivity contribution in [2.75, 3.05) is 39.3 Å². The van der Waals surface area contributed by atoms with Crippen LogP contribution in [0.2, 0.25) is 0 Å². The summed E-state index contributed by atoms with van der Waals surface area (Å²) in [4.78, 5) is 19.0. The summed E-state index contributed by atoms with van der Waals surface area (Å²) in [6.45, 7) is 4.43. The molecule has 3 heterocycles. The van der Waals surface area contributed by atoms with Crippen LogP contribution < -0.4 is 0 Å². The molecule has 0 radical (unpaired) electrons. The summed E-state index contributed by atoms with van der Waals surface area (Å²) in [6.07, 6.45) is 2.37. The molecule has 29 heavy (non-hydrogen) atoms. The van der Waals surface area contributed by atoms with Crippen molar-refractivity contribution in [3.05, 3.63) is 52.7 Å². The molecule has 156 valence electrons. The number of thiophene rings is 1. The van der Waals surface area contributed by atoms with Gasteiger partial charge < -0.3 is 4.90 Å². The van der Waals surface area contributed by atoms with Crippen molar-refractivity contribution in [2.45, 2.75) is 30.2 Å².